The van der Waals surface area contributed by atoms with E-state index in [1.807, 2.05) is 12.1 Å². The van der Waals surface area contributed by atoms with E-state index in [1.165, 1.54) is 11.1 Å². The number of benzene rings is 2. The highest BCUT2D eigenvalue weighted by molar-refractivity contribution is 5.57. The average Bonchev–Trinajstić information content (AvgIpc) is 3.12. The number of rotatable bonds is 4. The van der Waals surface area contributed by atoms with Crippen LogP contribution in [0, 0.1) is 0 Å². The summed E-state index contributed by atoms with van der Waals surface area (Å²) in [5.41, 5.74) is 3.68. The van der Waals surface area contributed by atoms with Crippen LogP contribution in [0.2, 0.25) is 0 Å². The number of nitrogens with zero attached hydrogens (tertiary/aromatic N) is 1. The van der Waals surface area contributed by atoms with Crippen molar-refractivity contribution in [1.29, 1.82) is 0 Å². The van der Waals surface area contributed by atoms with Gasteiger partial charge in [-0.3, -0.25) is 0 Å². The minimum atomic E-state index is 0.122. The van der Waals surface area contributed by atoms with E-state index in [0.717, 1.165) is 34.5 Å². The zero-order valence-corrected chi connectivity index (χ0v) is 16.5. The quantitative estimate of drug-likeness (QED) is 0.772. The van der Waals surface area contributed by atoms with Crippen molar-refractivity contribution >= 4 is 0 Å². The van der Waals surface area contributed by atoms with Gasteiger partial charge in [0.2, 0.25) is 12.5 Å². The van der Waals surface area contributed by atoms with Gasteiger partial charge in [0.05, 0.1) is 42.0 Å². The molecule has 0 saturated heterocycles. The largest absolute Gasteiger partial charge is 0.493 e. The molecule has 2 aliphatic heterocycles. The van der Waals surface area contributed by atoms with E-state index in [9.17, 15) is 0 Å². The van der Waals surface area contributed by atoms with Gasteiger partial charge in [0, 0.05) is 17.5 Å². The molecular weight excluding hydrogens is 346 g/mol. The lowest BCUT2D eigenvalue weighted by Crippen LogP contribution is -2.48. The van der Waals surface area contributed by atoms with Crippen LogP contribution in [-0.4, -0.2) is 53.2 Å². The molecule has 6 nitrogen and oxygen atoms in total. The standard InChI is InChI=1S/C21H26NO5/c1-22(2)7-6-13-8-16-17(27-12-26-16)11-15(13)20(22)14-9-18(23-3)21(25-5)19(10-14)24-4/h8-11,20H,6-7,12H2,1-5H3/q+1/t20-/m1/s1. The van der Waals surface area contributed by atoms with Crippen molar-refractivity contribution in [1.82, 2.24) is 0 Å². The maximum atomic E-state index is 5.64. The predicted molar refractivity (Wildman–Crippen MR) is 101 cm³/mol. The van der Waals surface area contributed by atoms with Crippen LogP contribution in [-0.2, 0) is 6.42 Å². The maximum absolute atomic E-state index is 5.64. The van der Waals surface area contributed by atoms with E-state index < -0.39 is 0 Å². The van der Waals surface area contributed by atoms with Gasteiger partial charge in [0.1, 0.15) is 6.04 Å². The molecule has 0 fully saturated rings. The fourth-order valence-corrected chi connectivity index (χ4v) is 4.23. The molecule has 0 aliphatic carbocycles. The molecule has 6 heteroatoms. The van der Waals surface area contributed by atoms with Crippen LogP contribution in [0.25, 0.3) is 0 Å². The van der Waals surface area contributed by atoms with Crippen LogP contribution < -0.4 is 23.7 Å². The topological polar surface area (TPSA) is 46.2 Å². The number of hydrogen-bond acceptors (Lipinski definition) is 5. The second-order valence-electron chi connectivity index (χ2n) is 7.52. The van der Waals surface area contributed by atoms with Crippen LogP contribution in [0.4, 0.5) is 0 Å². The van der Waals surface area contributed by atoms with Crippen LogP contribution >= 0.6 is 0 Å². The molecule has 144 valence electrons. The molecule has 2 heterocycles. The smallest absolute Gasteiger partial charge is 0.231 e. The summed E-state index contributed by atoms with van der Waals surface area (Å²) in [4.78, 5) is 0. The van der Waals surface area contributed by atoms with E-state index in [1.54, 1.807) is 21.3 Å². The van der Waals surface area contributed by atoms with E-state index >= 15 is 0 Å². The van der Waals surface area contributed by atoms with Crippen molar-refractivity contribution in [2.24, 2.45) is 0 Å². The molecular formula is C21H26NO5+. The minimum absolute atomic E-state index is 0.122. The second kappa shape index (κ2) is 6.53. The molecule has 0 aromatic heterocycles. The zero-order valence-electron chi connectivity index (χ0n) is 16.5. The van der Waals surface area contributed by atoms with E-state index in [2.05, 4.69) is 26.2 Å². The summed E-state index contributed by atoms with van der Waals surface area (Å²) in [6.45, 7) is 1.30. The van der Waals surface area contributed by atoms with Crippen molar-refractivity contribution in [2.45, 2.75) is 12.5 Å². The molecule has 0 bridgehead atoms. The summed E-state index contributed by atoms with van der Waals surface area (Å²) in [5, 5.41) is 0. The number of likely N-dealkylation sites (N-methyl/N-ethyl adjacent to an activating group) is 1. The third-order valence-corrected chi connectivity index (χ3v) is 5.59. The first-order valence-electron chi connectivity index (χ1n) is 9.03. The molecule has 0 unspecified atom stereocenters. The molecule has 27 heavy (non-hydrogen) atoms. The van der Waals surface area contributed by atoms with Crippen molar-refractivity contribution < 1.29 is 28.2 Å². The van der Waals surface area contributed by atoms with Crippen molar-refractivity contribution in [3.63, 3.8) is 0 Å². The summed E-state index contributed by atoms with van der Waals surface area (Å²) in [6.07, 6.45) is 1.000. The second-order valence-corrected chi connectivity index (χ2v) is 7.52. The Labute approximate surface area is 159 Å². The Bertz CT molecular complexity index is 852. The summed E-state index contributed by atoms with van der Waals surface area (Å²) in [5.74, 6) is 3.59. The maximum Gasteiger partial charge on any atom is 0.231 e. The van der Waals surface area contributed by atoms with E-state index in [4.69, 9.17) is 23.7 Å². The normalized spacial score (nSPS) is 19.4. The van der Waals surface area contributed by atoms with Gasteiger partial charge < -0.3 is 28.2 Å². The molecule has 0 saturated carbocycles. The Hall–Kier alpha value is -2.60. The first kappa shape index (κ1) is 17.8. The third kappa shape index (κ3) is 2.84. The monoisotopic (exact) mass is 372 g/mol. The molecule has 4 rings (SSSR count). The predicted octanol–water partition coefficient (Wildman–Crippen LogP) is 3.16. The van der Waals surface area contributed by atoms with Gasteiger partial charge in [-0.05, 0) is 29.8 Å². The summed E-state index contributed by atoms with van der Waals surface area (Å²) < 4.78 is 28.7. The van der Waals surface area contributed by atoms with Crippen molar-refractivity contribution in [3.05, 3.63) is 41.0 Å². The van der Waals surface area contributed by atoms with Gasteiger partial charge in [-0.2, -0.15) is 0 Å². The van der Waals surface area contributed by atoms with Gasteiger partial charge in [-0.1, -0.05) is 0 Å². The number of hydrogen-bond donors (Lipinski definition) is 0. The minimum Gasteiger partial charge on any atom is -0.493 e. The first-order chi connectivity index (χ1) is 13.0. The number of quaternary nitrogens is 1. The highest BCUT2D eigenvalue weighted by Crippen LogP contribution is 2.47. The first-order valence-corrected chi connectivity index (χ1v) is 9.03. The molecule has 0 radical (unpaired) electrons. The number of ether oxygens (including phenoxy) is 5. The third-order valence-electron chi connectivity index (χ3n) is 5.59. The highest BCUT2D eigenvalue weighted by atomic mass is 16.7. The number of methoxy groups -OCH3 is 3. The van der Waals surface area contributed by atoms with Gasteiger partial charge in [0.15, 0.2) is 23.0 Å². The number of fused-ring (bicyclic) bond motifs is 2. The Kier molecular flexibility index (Phi) is 4.30. The van der Waals surface area contributed by atoms with Gasteiger partial charge in [-0.25, -0.2) is 0 Å². The molecule has 2 aliphatic rings. The van der Waals surface area contributed by atoms with Gasteiger partial charge in [0.25, 0.3) is 0 Å². The fourth-order valence-electron chi connectivity index (χ4n) is 4.23. The zero-order chi connectivity index (χ0) is 19.2. The fraction of sp³-hybridized carbons (Fsp3) is 0.429. The van der Waals surface area contributed by atoms with Crippen LogP contribution in [0.1, 0.15) is 22.7 Å². The molecule has 2 aromatic carbocycles. The summed E-state index contributed by atoms with van der Waals surface area (Å²) in [6, 6.07) is 8.47. The lowest BCUT2D eigenvalue weighted by atomic mass is 9.86. The SMILES string of the molecule is COc1cc([C@@H]2c3cc4c(cc3CC[N+]2(C)C)OCO4)cc(OC)c1OC. The molecule has 1 atom stereocenters. The molecule has 0 N–H and O–H groups in total. The molecule has 0 amide bonds. The van der Waals surface area contributed by atoms with Gasteiger partial charge in [-0.15, -0.1) is 0 Å². The Morgan fingerprint density at radius 3 is 2.11 bits per heavy atom. The highest BCUT2D eigenvalue weighted by Gasteiger charge is 2.39. The van der Waals surface area contributed by atoms with E-state index in [0.29, 0.717) is 17.2 Å². The average molecular weight is 372 g/mol. The van der Waals surface area contributed by atoms with Crippen LogP contribution in [0.3, 0.4) is 0 Å². The Morgan fingerprint density at radius 1 is 0.889 bits per heavy atom. The van der Waals surface area contributed by atoms with E-state index in [-0.39, 0.29) is 12.8 Å². The lowest BCUT2D eigenvalue weighted by Gasteiger charge is -2.43. The summed E-state index contributed by atoms with van der Waals surface area (Å²) >= 11 is 0. The lowest BCUT2D eigenvalue weighted by molar-refractivity contribution is -0.917. The Balaban J connectivity index is 1.90. The van der Waals surface area contributed by atoms with Crippen molar-refractivity contribution in [3.8, 4) is 28.7 Å². The van der Waals surface area contributed by atoms with Crippen LogP contribution in [0.5, 0.6) is 28.7 Å². The summed E-state index contributed by atoms with van der Waals surface area (Å²) in [7, 11) is 9.42. The van der Waals surface area contributed by atoms with Crippen LogP contribution in [0.15, 0.2) is 24.3 Å². The molecule has 2 aromatic rings. The van der Waals surface area contributed by atoms with Gasteiger partial charge >= 0.3 is 0 Å². The van der Waals surface area contributed by atoms with Crippen molar-refractivity contribution in [2.75, 3.05) is 48.8 Å². The molecule has 0 spiro atoms. The Morgan fingerprint density at radius 2 is 1.52 bits per heavy atom.